The van der Waals surface area contributed by atoms with E-state index in [0.717, 1.165) is 6.07 Å². The van der Waals surface area contributed by atoms with Crippen LogP contribution in [-0.4, -0.2) is 43.4 Å². The molecule has 0 aliphatic carbocycles. The molecule has 0 radical (unpaired) electrons. The average molecular weight is 550 g/mol. The molecule has 204 valence electrons. The largest absolute Gasteiger partial charge is 0.415 e. The molecule has 1 saturated heterocycles. The van der Waals surface area contributed by atoms with Gasteiger partial charge in [0.05, 0.1) is 23.6 Å². The molecule has 2 aromatic heterocycles. The Morgan fingerprint density at radius 1 is 1.02 bits per heavy atom. The van der Waals surface area contributed by atoms with Gasteiger partial charge in [-0.15, -0.1) is 10.2 Å². The van der Waals surface area contributed by atoms with Gasteiger partial charge in [0.2, 0.25) is 5.89 Å². The lowest BCUT2D eigenvalue weighted by Gasteiger charge is -2.17. The molecule has 3 aromatic carbocycles. The van der Waals surface area contributed by atoms with Crippen LogP contribution in [0.4, 0.5) is 18.0 Å². The highest BCUT2D eigenvalue weighted by atomic mass is 19.3. The number of amides is 1. The molecule has 0 spiro atoms. The van der Waals surface area contributed by atoms with Gasteiger partial charge in [-0.3, -0.25) is 9.13 Å². The number of para-hydroxylation sites is 3. The first kappa shape index (κ1) is 25.4. The fraction of sp³-hybridized carbons (Fsp3) is 0.214. The van der Waals surface area contributed by atoms with E-state index in [0.29, 0.717) is 29.7 Å². The predicted molar refractivity (Wildman–Crippen MR) is 138 cm³/mol. The van der Waals surface area contributed by atoms with Crippen molar-refractivity contribution in [2.24, 2.45) is 0 Å². The quantitative estimate of drug-likeness (QED) is 0.281. The van der Waals surface area contributed by atoms with Gasteiger partial charge in [-0.2, -0.15) is 8.78 Å². The fourth-order valence-electron chi connectivity index (χ4n) is 4.93. The maximum absolute atomic E-state index is 15.1. The highest BCUT2D eigenvalue weighted by molar-refractivity contribution is 5.76. The number of hydrogen-bond acceptors (Lipinski definition) is 6. The molecule has 1 atom stereocenters. The summed E-state index contributed by atoms with van der Waals surface area (Å²) in [6.07, 6.45) is -2.88. The number of likely N-dealkylation sites (tertiary alicyclic amines) is 1. The molecule has 9 nitrogen and oxygen atoms in total. The van der Waals surface area contributed by atoms with Crippen LogP contribution < -0.4 is 10.4 Å². The molecular weight excluding hydrogens is 527 g/mol. The third-order valence-corrected chi connectivity index (χ3v) is 6.86. The summed E-state index contributed by atoms with van der Waals surface area (Å²) in [7, 11) is 0. The molecule has 5 aromatic rings. The van der Waals surface area contributed by atoms with E-state index in [2.05, 4.69) is 10.2 Å². The van der Waals surface area contributed by atoms with Crippen molar-refractivity contribution in [1.82, 2.24) is 24.2 Å². The fourth-order valence-corrected chi connectivity index (χ4v) is 4.93. The van der Waals surface area contributed by atoms with Crippen molar-refractivity contribution in [3.05, 3.63) is 101 Å². The average Bonchev–Trinajstić information content (AvgIpc) is 3.69. The van der Waals surface area contributed by atoms with Crippen LogP contribution >= 0.6 is 0 Å². The maximum Gasteiger partial charge on any atom is 0.415 e. The third kappa shape index (κ3) is 4.72. The zero-order valence-electron chi connectivity index (χ0n) is 20.9. The van der Waals surface area contributed by atoms with E-state index < -0.39 is 24.2 Å². The van der Waals surface area contributed by atoms with Crippen LogP contribution in [0.3, 0.4) is 0 Å². The highest BCUT2D eigenvalue weighted by Gasteiger charge is 2.31. The van der Waals surface area contributed by atoms with E-state index in [1.54, 1.807) is 45.9 Å². The van der Waals surface area contributed by atoms with Crippen LogP contribution in [0.1, 0.15) is 30.3 Å². The standard InChI is InChI=1S/C28H22F3N5O4/c29-21-14-17(25-32-33-26(40-25)24(30)31)10-11-18(21)15-35-22-8-4-5-9-23(22)36(27(35)37)19-12-13-34(16-19)28(38)39-20-6-2-1-3-7-20/h1-11,14,19,24H,12-13,15-16H2. The van der Waals surface area contributed by atoms with Gasteiger partial charge in [-0.25, -0.2) is 14.0 Å². The van der Waals surface area contributed by atoms with Crippen LogP contribution in [-0.2, 0) is 6.54 Å². The van der Waals surface area contributed by atoms with Gasteiger partial charge in [0.15, 0.2) is 0 Å². The minimum atomic E-state index is -2.93. The lowest BCUT2D eigenvalue weighted by molar-refractivity contribution is 0.116. The maximum atomic E-state index is 15.1. The number of benzene rings is 3. The zero-order valence-corrected chi connectivity index (χ0v) is 20.9. The normalized spacial score (nSPS) is 15.3. The number of hydrogen-bond donors (Lipinski definition) is 0. The number of halogens is 3. The SMILES string of the molecule is O=C(Oc1ccccc1)N1CCC(n2c(=O)n(Cc3ccc(-c4nnc(C(F)F)o4)cc3F)c3ccccc32)C1. The highest BCUT2D eigenvalue weighted by Crippen LogP contribution is 2.28. The Bertz CT molecular complexity index is 1750. The number of carbonyl (C=O) groups excluding carboxylic acids is 1. The molecular formula is C28H22F3N5O4. The minimum absolute atomic E-state index is 0.0724. The number of ether oxygens (including phenoxy) is 1. The van der Waals surface area contributed by atoms with E-state index in [-0.39, 0.29) is 41.8 Å². The van der Waals surface area contributed by atoms with E-state index >= 15 is 4.39 Å². The van der Waals surface area contributed by atoms with Gasteiger partial charge in [0, 0.05) is 24.2 Å². The predicted octanol–water partition coefficient (Wildman–Crippen LogP) is 5.42. The van der Waals surface area contributed by atoms with Gasteiger partial charge < -0.3 is 14.1 Å². The molecule has 12 heteroatoms. The summed E-state index contributed by atoms with van der Waals surface area (Å²) in [6, 6.07) is 19.7. The number of rotatable bonds is 6. The van der Waals surface area contributed by atoms with E-state index in [1.165, 1.54) is 16.7 Å². The minimum Gasteiger partial charge on any atom is -0.415 e. The molecule has 1 unspecified atom stereocenters. The van der Waals surface area contributed by atoms with Crippen LogP contribution in [0.15, 0.2) is 82.0 Å². The zero-order chi connectivity index (χ0) is 27.8. The summed E-state index contributed by atoms with van der Waals surface area (Å²) < 4.78 is 54.2. The second-order valence-corrected chi connectivity index (χ2v) is 9.35. The van der Waals surface area contributed by atoms with Crippen LogP contribution in [0.2, 0.25) is 0 Å². The molecule has 40 heavy (non-hydrogen) atoms. The van der Waals surface area contributed by atoms with Crippen molar-refractivity contribution in [1.29, 1.82) is 0 Å². The topological polar surface area (TPSA) is 95.4 Å². The van der Waals surface area contributed by atoms with Gasteiger partial charge in [0.1, 0.15) is 11.6 Å². The number of imidazole rings is 1. The van der Waals surface area contributed by atoms with E-state index in [1.807, 2.05) is 18.2 Å². The number of alkyl halides is 2. The monoisotopic (exact) mass is 549 g/mol. The second kappa shape index (κ2) is 10.4. The van der Waals surface area contributed by atoms with Gasteiger partial charge in [-0.05, 0) is 42.8 Å². The van der Waals surface area contributed by atoms with Crippen molar-refractivity contribution >= 4 is 17.1 Å². The molecule has 3 heterocycles. The Labute approximate surface area is 225 Å². The first-order chi connectivity index (χ1) is 19.4. The van der Waals surface area contributed by atoms with Crippen molar-refractivity contribution in [2.45, 2.75) is 25.4 Å². The molecule has 0 N–H and O–H groups in total. The third-order valence-electron chi connectivity index (χ3n) is 6.86. The molecule has 0 saturated carbocycles. The van der Waals surface area contributed by atoms with Crippen molar-refractivity contribution in [3.8, 4) is 17.2 Å². The molecule has 1 aliphatic heterocycles. The summed E-state index contributed by atoms with van der Waals surface area (Å²) in [6.45, 7) is 0.631. The first-order valence-corrected chi connectivity index (χ1v) is 12.5. The van der Waals surface area contributed by atoms with Crippen molar-refractivity contribution < 1.29 is 27.1 Å². The summed E-state index contributed by atoms with van der Waals surface area (Å²) >= 11 is 0. The van der Waals surface area contributed by atoms with Gasteiger partial charge in [-0.1, -0.05) is 36.4 Å². The Morgan fingerprint density at radius 2 is 1.77 bits per heavy atom. The number of fused-ring (bicyclic) bond motifs is 1. The Hall–Kier alpha value is -4.87. The Kier molecular flexibility index (Phi) is 6.58. The smallest absolute Gasteiger partial charge is 0.415 e. The molecule has 6 rings (SSSR count). The van der Waals surface area contributed by atoms with Crippen molar-refractivity contribution in [3.63, 3.8) is 0 Å². The lowest BCUT2D eigenvalue weighted by Crippen LogP contribution is -2.33. The number of carbonyl (C=O) groups is 1. The summed E-state index contributed by atoms with van der Waals surface area (Å²) in [5.41, 5.74) is 1.29. The lowest BCUT2D eigenvalue weighted by atomic mass is 10.1. The second-order valence-electron chi connectivity index (χ2n) is 9.35. The molecule has 1 fully saturated rings. The summed E-state index contributed by atoms with van der Waals surface area (Å²) in [5.74, 6) is -1.30. The Balaban J connectivity index is 1.26. The molecule has 1 amide bonds. The van der Waals surface area contributed by atoms with E-state index in [4.69, 9.17) is 9.15 Å². The van der Waals surface area contributed by atoms with Gasteiger partial charge in [0.25, 0.3) is 5.89 Å². The molecule has 1 aliphatic rings. The van der Waals surface area contributed by atoms with Crippen LogP contribution in [0.25, 0.3) is 22.5 Å². The first-order valence-electron chi connectivity index (χ1n) is 12.5. The molecule has 0 bridgehead atoms. The van der Waals surface area contributed by atoms with E-state index in [9.17, 15) is 18.4 Å². The van der Waals surface area contributed by atoms with Crippen LogP contribution in [0.5, 0.6) is 5.75 Å². The van der Waals surface area contributed by atoms with Gasteiger partial charge >= 0.3 is 18.2 Å². The van der Waals surface area contributed by atoms with Crippen LogP contribution in [0, 0.1) is 5.82 Å². The number of aromatic nitrogens is 4. The number of nitrogens with zero attached hydrogens (tertiary/aromatic N) is 5. The van der Waals surface area contributed by atoms with Crippen molar-refractivity contribution in [2.75, 3.05) is 13.1 Å². The summed E-state index contributed by atoms with van der Waals surface area (Å²) in [4.78, 5) is 27.9. The Morgan fingerprint density at radius 3 is 2.50 bits per heavy atom. The summed E-state index contributed by atoms with van der Waals surface area (Å²) in [5, 5.41) is 6.81.